The number of methoxy groups -OCH3 is 1. The predicted octanol–water partition coefficient (Wildman–Crippen LogP) is 2.02. The lowest BCUT2D eigenvalue weighted by molar-refractivity contribution is -0.146. The minimum atomic E-state index is -4.64. The minimum Gasteiger partial charge on any atom is -0.491 e. The monoisotopic (exact) mass is 548 g/mol. The van der Waals surface area contributed by atoms with Gasteiger partial charge < -0.3 is 24.6 Å². The van der Waals surface area contributed by atoms with Gasteiger partial charge in [0.15, 0.2) is 0 Å². The number of piperazine rings is 1. The summed E-state index contributed by atoms with van der Waals surface area (Å²) >= 11 is 0. The van der Waals surface area contributed by atoms with E-state index >= 15 is 0 Å². The molecule has 1 N–H and O–H groups in total. The molecule has 4 rings (SSSR count). The van der Waals surface area contributed by atoms with Crippen molar-refractivity contribution in [2.75, 3.05) is 59.6 Å². The second-order valence-electron chi connectivity index (χ2n) is 9.49. The zero-order chi connectivity index (χ0) is 28.0. The quantitative estimate of drug-likeness (QED) is 0.629. The SMILES string of the molecule is COCC(=O)N1CCN2C(=O)CN(Cc3ccccc3)CCNC(=O)c3cc(C(F)(F)F)ccc3OC[C@@H]2C1. The Bertz CT molecular complexity index is 1180. The molecule has 0 aliphatic carbocycles. The van der Waals surface area contributed by atoms with E-state index in [0.717, 1.165) is 23.8 Å². The topological polar surface area (TPSA) is 91.4 Å². The summed E-state index contributed by atoms with van der Waals surface area (Å²) in [4.78, 5) is 44.1. The van der Waals surface area contributed by atoms with E-state index in [-0.39, 0.29) is 62.5 Å². The molecule has 3 amide bonds. The number of nitrogens with one attached hydrogen (secondary N) is 1. The number of ether oxygens (including phenoxy) is 2. The first-order valence-electron chi connectivity index (χ1n) is 12.6. The van der Waals surface area contributed by atoms with Crippen molar-refractivity contribution >= 4 is 17.7 Å². The van der Waals surface area contributed by atoms with Crippen molar-refractivity contribution in [2.45, 2.75) is 18.8 Å². The fourth-order valence-corrected chi connectivity index (χ4v) is 4.72. The minimum absolute atomic E-state index is 0.0337. The normalized spacial score (nSPS) is 19.5. The number of carbonyl (C=O) groups is 3. The summed E-state index contributed by atoms with van der Waals surface area (Å²) in [5.74, 6) is -1.16. The molecule has 2 aromatic rings. The molecular weight excluding hydrogens is 517 g/mol. The highest BCUT2D eigenvalue weighted by molar-refractivity contribution is 5.97. The summed E-state index contributed by atoms with van der Waals surface area (Å²) in [6.07, 6.45) is -4.64. The van der Waals surface area contributed by atoms with E-state index in [0.29, 0.717) is 19.6 Å². The van der Waals surface area contributed by atoms with Gasteiger partial charge in [0.1, 0.15) is 19.0 Å². The van der Waals surface area contributed by atoms with Crippen LogP contribution in [0, 0.1) is 0 Å². The average molecular weight is 549 g/mol. The second-order valence-corrected chi connectivity index (χ2v) is 9.49. The maximum atomic E-state index is 13.5. The van der Waals surface area contributed by atoms with E-state index in [2.05, 4.69) is 5.32 Å². The lowest BCUT2D eigenvalue weighted by Crippen LogP contribution is -2.60. The van der Waals surface area contributed by atoms with Crippen LogP contribution in [0.2, 0.25) is 0 Å². The van der Waals surface area contributed by atoms with Crippen LogP contribution in [0.15, 0.2) is 48.5 Å². The van der Waals surface area contributed by atoms with Crippen LogP contribution < -0.4 is 10.1 Å². The van der Waals surface area contributed by atoms with E-state index in [1.54, 1.807) is 9.80 Å². The van der Waals surface area contributed by atoms with Gasteiger partial charge in [-0.05, 0) is 23.8 Å². The zero-order valence-electron chi connectivity index (χ0n) is 21.6. The molecule has 2 heterocycles. The Balaban J connectivity index is 1.64. The van der Waals surface area contributed by atoms with Gasteiger partial charge in [0.2, 0.25) is 11.8 Å². The van der Waals surface area contributed by atoms with Crippen LogP contribution in [0.25, 0.3) is 0 Å². The summed E-state index contributed by atoms with van der Waals surface area (Å²) in [5.41, 5.74) is -0.253. The van der Waals surface area contributed by atoms with Gasteiger partial charge in [0.25, 0.3) is 5.91 Å². The van der Waals surface area contributed by atoms with Crippen molar-refractivity contribution < 1.29 is 37.0 Å². The van der Waals surface area contributed by atoms with Gasteiger partial charge in [-0.2, -0.15) is 13.2 Å². The highest BCUT2D eigenvalue weighted by Crippen LogP contribution is 2.33. The Morgan fingerprint density at radius 3 is 2.59 bits per heavy atom. The molecule has 0 aromatic heterocycles. The Kier molecular flexibility index (Phi) is 9.08. The zero-order valence-corrected chi connectivity index (χ0v) is 21.6. The molecule has 2 aromatic carbocycles. The summed E-state index contributed by atoms with van der Waals surface area (Å²) in [6, 6.07) is 11.7. The van der Waals surface area contributed by atoms with Gasteiger partial charge in [0.05, 0.1) is 23.7 Å². The summed E-state index contributed by atoms with van der Waals surface area (Å²) in [5, 5.41) is 2.67. The van der Waals surface area contributed by atoms with Crippen LogP contribution in [-0.4, -0.2) is 98.1 Å². The lowest BCUT2D eigenvalue weighted by atomic mass is 10.1. The van der Waals surface area contributed by atoms with Crippen LogP contribution in [0.1, 0.15) is 21.5 Å². The molecule has 39 heavy (non-hydrogen) atoms. The summed E-state index contributed by atoms with van der Waals surface area (Å²) in [6.45, 7) is 1.39. The first-order valence-corrected chi connectivity index (χ1v) is 12.6. The van der Waals surface area contributed by atoms with Crippen molar-refractivity contribution in [3.05, 3.63) is 65.2 Å². The number of nitrogens with zero attached hydrogens (tertiary/aromatic N) is 3. The molecule has 2 aliphatic rings. The number of halogens is 3. The molecule has 2 aliphatic heterocycles. The molecule has 1 saturated heterocycles. The van der Waals surface area contributed by atoms with Gasteiger partial charge in [-0.15, -0.1) is 0 Å². The number of hydrogen-bond donors (Lipinski definition) is 1. The molecule has 9 nitrogen and oxygen atoms in total. The van der Waals surface area contributed by atoms with Gasteiger partial charge in [-0.1, -0.05) is 30.3 Å². The summed E-state index contributed by atoms with van der Waals surface area (Å²) in [7, 11) is 1.41. The number of rotatable bonds is 4. The lowest BCUT2D eigenvalue weighted by Gasteiger charge is -2.42. The first kappa shape index (κ1) is 28.4. The van der Waals surface area contributed by atoms with Gasteiger partial charge in [0, 0.05) is 46.4 Å². The van der Waals surface area contributed by atoms with Crippen molar-refractivity contribution in [3.63, 3.8) is 0 Å². The maximum absolute atomic E-state index is 13.5. The number of amides is 3. The Morgan fingerprint density at radius 1 is 1.10 bits per heavy atom. The molecular formula is C27H31F3N4O5. The molecule has 0 spiro atoms. The van der Waals surface area contributed by atoms with Gasteiger partial charge in [-0.25, -0.2) is 0 Å². The molecule has 1 atom stereocenters. The standard InChI is InChI=1S/C27H31F3N4O5/c1-38-18-25(36)33-11-12-34-21(15-33)17-39-23-8-7-20(27(28,29)30)13-22(23)26(37)31-9-10-32(16-24(34)35)14-19-5-3-2-4-6-19/h2-8,13,21H,9-12,14-18H2,1H3,(H,31,37)/t21-/m0/s1. The average Bonchev–Trinajstić information content (AvgIpc) is 2.92. The molecule has 0 unspecified atom stereocenters. The van der Waals surface area contributed by atoms with Crippen molar-refractivity contribution in [3.8, 4) is 5.75 Å². The van der Waals surface area contributed by atoms with Crippen LogP contribution >= 0.6 is 0 Å². The largest absolute Gasteiger partial charge is 0.491 e. The number of alkyl halides is 3. The molecule has 12 heteroatoms. The third-order valence-corrected chi connectivity index (χ3v) is 6.73. The summed E-state index contributed by atoms with van der Waals surface area (Å²) < 4.78 is 51.1. The smallest absolute Gasteiger partial charge is 0.416 e. The number of hydrogen-bond acceptors (Lipinski definition) is 6. The molecule has 0 bridgehead atoms. The van der Waals surface area contributed by atoms with Crippen molar-refractivity contribution in [1.29, 1.82) is 0 Å². The Morgan fingerprint density at radius 2 is 1.87 bits per heavy atom. The van der Waals surface area contributed by atoms with Crippen LogP contribution in [0.4, 0.5) is 13.2 Å². The molecule has 0 radical (unpaired) electrons. The highest BCUT2D eigenvalue weighted by atomic mass is 19.4. The Labute approximate surface area is 224 Å². The van der Waals surface area contributed by atoms with E-state index in [1.807, 2.05) is 35.2 Å². The fraction of sp³-hybridized carbons (Fsp3) is 0.444. The second kappa shape index (κ2) is 12.5. The van der Waals surface area contributed by atoms with Crippen molar-refractivity contribution in [1.82, 2.24) is 20.0 Å². The van der Waals surface area contributed by atoms with Crippen LogP contribution in [0.3, 0.4) is 0 Å². The van der Waals surface area contributed by atoms with E-state index in [9.17, 15) is 27.6 Å². The molecule has 210 valence electrons. The third-order valence-electron chi connectivity index (χ3n) is 6.73. The third kappa shape index (κ3) is 7.27. The molecule has 1 fully saturated rings. The van der Waals surface area contributed by atoms with E-state index < -0.39 is 23.7 Å². The van der Waals surface area contributed by atoms with Gasteiger partial charge in [-0.3, -0.25) is 19.3 Å². The Hall–Kier alpha value is -3.64. The predicted molar refractivity (Wildman–Crippen MR) is 135 cm³/mol. The van der Waals surface area contributed by atoms with E-state index in [1.165, 1.54) is 7.11 Å². The maximum Gasteiger partial charge on any atom is 0.416 e. The van der Waals surface area contributed by atoms with Gasteiger partial charge >= 0.3 is 6.18 Å². The van der Waals surface area contributed by atoms with E-state index in [4.69, 9.17) is 9.47 Å². The van der Waals surface area contributed by atoms with Crippen LogP contribution in [0.5, 0.6) is 5.75 Å². The number of fused-ring (bicyclic) bond motifs is 2. The number of carbonyl (C=O) groups excluding carboxylic acids is 3. The van der Waals surface area contributed by atoms with Crippen LogP contribution in [-0.2, 0) is 27.0 Å². The number of benzene rings is 2. The fourth-order valence-electron chi connectivity index (χ4n) is 4.72. The highest BCUT2D eigenvalue weighted by Gasteiger charge is 2.35. The molecule has 0 saturated carbocycles. The first-order chi connectivity index (χ1) is 18.7. The van der Waals surface area contributed by atoms with Crippen molar-refractivity contribution in [2.24, 2.45) is 0 Å².